The molecule has 0 aliphatic rings. The first-order valence-electron chi connectivity index (χ1n) is 18.7. The van der Waals surface area contributed by atoms with Gasteiger partial charge < -0.3 is 51.6 Å². The standard InChI is InChI=1S/2C21H23ClN6O2S/c2*1-21(29,19-24-8-11-31-19)7-6-14-4-5-17(28(2)9-10-30-3)16(12-14)26-18-15(22)13-25-20(23)27-18/h2*4-5,8,11-13,29H,9-10H2,1-3H3,(H3,23,25,26,27)/t2*21-/m10/s1. The van der Waals surface area contributed by atoms with Crippen molar-refractivity contribution in [2.24, 2.45) is 0 Å². The number of hydrogen-bond acceptors (Lipinski definition) is 18. The predicted octanol–water partition coefficient (Wildman–Crippen LogP) is 6.51. The number of nitrogens with zero attached hydrogens (tertiary/aromatic N) is 8. The smallest absolute Gasteiger partial charge is 0.222 e. The van der Waals surface area contributed by atoms with E-state index in [1.807, 2.05) is 60.3 Å². The molecule has 2 atom stereocenters. The molecule has 8 N–H and O–H groups in total. The zero-order chi connectivity index (χ0) is 44.9. The molecule has 0 aliphatic heterocycles. The van der Waals surface area contributed by atoms with E-state index in [2.05, 4.69) is 64.2 Å². The molecule has 0 aliphatic carbocycles. The van der Waals surface area contributed by atoms with E-state index in [1.165, 1.54) is 35.1 Å². The van der Waals surface area contributed by atoms with Crippen LogP contribution < -0.4 is 31.9 Å². The Morgan fingerprint density at radius 2 is 1.10 bits per heavy atom. The van der Waals surface area contributed by atoms with Crippen molar-refractivity contribution in [3.63, 3.8) is 0 Å². The van der Waals surface area contributed by atoms with Gasteiger partial charge in [-0.25, -0.2) is 19.9 Å². The zero-order valence-corrected chi connectivity index (χ0v) is 37.9. The van der Waals surface area contributed by atoms with Crippen LogP contribution in [-0.4, -0.2) is 94.7 Å². The summed E-state index contributed by atoms with van der Waals surface area (Å²) in [6.07, 6.45) is 6.16. The molecule has 324 valence electrons. The second-order valence-electron chi connectivity index (χ2n) is 13.7. The Bertz CT molecular complexity index is 2370. The monoisotopic (exact) mass is 916 g/mol. The fourth-order valence-corrected chi connectivity index (χ4v) is 6.99. The maximum Gasteiger partial charge on any atom is 0.222 e. The molecule has 0 saturated heterocycles. The summed E-state index contributed by atoms with van der Waals surface area (Å²) >= 11 is 15.2. The topological polar surface area (TPSA) is 219 Å². The molecule has 16 nitrogen and oxygen atoms in total. The van der Waals surface area contributed by atoms with Gasteiger partial charge in [0.2, 0.25) is 11.9 Å². The molecule has 4 heterocycles. The van der Waals surface area contributed by atoms with E-state index >= 15 is 0 Å². The first-order valence-corrected chi connectivity index (χ1v) is 21.2. The highest BCUT2D eigenvalue weighted by atomic mass is 35.5. The molecule has 0 bridgehead atoms. The van der Waals surface area contributed by atoms with Gasteiger partial charge in [0.1, 0.15) is 20.1 Å². The van der Waals surface area contributed by atoms with Gasteiger partial charge in [-0.1, -0.05) is 46.9 Å². The number of anilines is 8. The van der Waals surface area contributed by atoms with E-state index in [1.54, 1.807) is 51.2 Å². The Morgan fingerprint density at radius 1 is 0.694 bits per heavy atom. The number of aliphatic hydroxyl groups is 2. The molecular formula is C42H46Cl2N12O4S2. The molecule has 0 unspecified atom stereocenters. The predicted molar refractivity (Wildman–Crippen MR) is 250 cm³/mol. The SMILES string of the molecule is COCCN(C)c1ccc(C#C[C@@](C)(O)c2nccs2)cc1Nc1nc(N)ncc1Cl.COCCN(C)c1ccc(C#C[C@](C)(O)c2nccs2)cc1Nc1nc(N)ncc1Cl. The number of rotatable bonds is 14. The van der Waals surface area contributed by atoms with Crippen molar-refractivity contribution in [1.29, 1.82) is 0 Å². The summed E-state index contributed by atoms with van der Waals surface area (Å²) < 4.78 is 10.4. The lowest BCUT2D eigenvalue weighted by Crippen LogP contribution is -2.23. The molecule has 4 aromatic heterocycles. The van der Waals surface area contributed by atoms with Crippen LogP contribution in [0, 0.1) is 23.7 Å². The quantitative estimate of drug-likeness (QED) is 0.0642. The Kier molecular flexibility index (Phi) is 16.6. The molecule has 62 heavy (non-hydrogen) atoms. The van der Waals surface area contributed by atoms with Gasteiger partial charge in [0.05, 0.1) is 48.4 Å². The lowest BCUT2D eigenvalue weighted by molar-refractivity contribution is 0.121. The molecule has 0 amide bonds. The molecule has 0 fully saturated rings. The molecule has 6 aromatic rings. The minimum Gasteiger partial charge on any atom is -0.383 e. The van der Waals surface area contributed by atoms with Gasteiger partial charge >= 0.3 is 0 Å². The van der Waals surface area contributed by atoms with Gasteiger partial charge in [0.15, 0.2) is 22.8 Å². The average molecular weight is 918 g/mol. The first-order chi connectivity index (χ1) is 29.6. The van der Waals surface area contributed by atoms with Gasteiger partial charge in [-0.2, -0.15) is 9.97 Å². The highest BCUT2D eigenvalue weighted by molar-refractivity contribution is 7.10. The lowest BCUT2D eigenvalue weighted by Gasteiger charge is -2.23. The number of thiazole rings is 2. The fraction of sp³-hybridized carbons (Fsp3) is 0.286. The average Bonchev–Trinajstić information content (AvgIpc) is 4.01. The van der Waals surface area contributed by atoms with Crippen LogP contribution in [0.5, 0.6) is 0 Å². The summed E-state index contributed by atoms with van der Waals surface area (Å²) in [5.74, 6) is 12.8. The van der Waals surface area contributed by atoms with Gasteiger partial charge in [-0.3, -0.25) is 0 Å². The second kappa shape index (κ2) is 21.8. The van der Waals surface area contributed by atoms with Crippen molar-refractivity contribution < 1.29 is 19.7 Å². The van der Waals surface area contributed by atoms with E-state index in [9.17, 15) is 10.2 Å². The molecule has 2 aromatic carbocycles. The van der Waals surface area contributed by atoms with Crippen molar-refractivity contribution in [1.82, 2.24) is 29.9 Å². The van der Waals surface area contributed by atoms with Crippen molar-refractivity contribution >= 4 is 92.2 Å². The first kappa shape index (κ1) is 47.3. The van der Waals surface area contributed by atoms with Gasteiger partial charge in [0, 0.05) is 75.7 Å². The number of hydrogen-bond donors (Lipinski definition) is 6. The summed E-state index contributed by atoms with van der Waals surface area (Å²) in [6.45, 7) is 5.72. The summed E-state index contributed by atoms with van der Waals surface area (Å²) in [5, 5.41) is 33.1. The Hall–Kier alpha value is -5.80. The number of likely N-dealkylation sites (N-methyl/N-ethyl adjacent to an activating group) is 2. The van der Waals surface area contributed by atoms with Crippen LogP contribution in [0.3, 0.4) is 0 Å². The summed E-state index contributed by atoms with van der Waals surface area (Å²) in [5.41, 5.74) is 13.4. The highest BCUT2D eigenvalue weighted by Crippen LogP contribution is 2.33. The Labute approximate surface area is 378 Å². The summed E-state index contributed by atoms with van der Waals surface area (Å²) in [7, 11) is 7.22. The van der Waals surface area contributed by atoms with Crippen molar-refractivity contribution in [2.45, 2.75) is 25.0 Å². The molecule has 20 heteroatoms. The molecule has 0 spiro atoms. The van der Waals surface area contributed by atoms with Crippen LogP contribution in [0.1, 0.15) is 35.0 Å². The number of aromatic nitrogens is 6. The zero-order valence-electron chi connectivity index (χ0n) is 34.8. The van der Waals surface area contributed by atoms with E-state index in [0.29, 0.717) is 69.1 Å². The fourth-order valence-electron chi connectivity index (χ4n) is 5.41. The number of benzene rings is 2. The van der Waals surface area contributed by atoms with E-state index in [0.717, 1.165) is 22.7 Å². The molecule has 0 saturated carbocycles. The highest BCUT2D eigenvalue weighted by Gasteiger charge is 2.24. The number of nitrogen functional groups attached to an aromatic ring is 2. The van der Waals surface area contributed by atoms with Crippen molar-refractivity contribution in [3.05, 3.63) is 103 Å². The minimum absolute atomic E-state index is 0.108. The number of nitrogens with two attached hydrogens (primary N) is 2. The van der Waals surface area contributed by atoms with Crippen molar-refractivity contribution in [3.8, 4) is 23.7 Å². The van der Waals surface area contributed by atoms with E-state index < -0.39 is 11.2 Å². The van der Waals surface area contributed by atoms with Crippen LogP contribution in [-0.2, 0) is 20.7 Å². The third-order valence-corrected chi connectivity index (χ3v) is 11.2. The van der Waals surface area contributed by atoms with Crippen LogP contribution >= 0.6 is 45.9 Å². The third-order valence-electron chi connectivity index (χ3n) is 8.71. The number of nitrogens with one attached hydrogen (secondary N) is 2. The molecule has 6 rings (SSSR count). The summed E-state index contributed by atoms with van der Waals surface area (Å²) in [6, 6.07) is 11.3. The van der Waals surface area contributed by atoms with Gasteiger partial charge in [0.25, 0.3) is 0 Å². The van der Waals surface area contributed by atoms with Crippen LogP contribution in [0.2, 0.25) is 10.0 Å². The largest absolute Gasteiger partial charge is 0.383 e. The van der Waals surface area contributed by atoms with E-state index in [4.69, 9.17) is 44.1 Å². The Morgan fingerprint density at radius 3 is 1.45 bits per heavy atom. The normalized spacial score (nSPS) is 12.5. The lowest BCUT2D eigenvalue weighted by atomic mass is 10.1. The maximum atomic E-state index is 10.6. The molecule has 0 radical (unpaired) electrons. The maximum absolute atomic E-state index is 10.6. The van der Waals surface area contributed by atoms with Gasteiger partial charge in [-0.05, 0) is 50.2 Å². The Balaban J connectivity index is 0.000000234. The van der Waals surface area contributed by atoms with E-state index in [-0.39, 0.29) is 11.9 Å². The second-order valence-corrected chi connectivity index (χ2v) is 16.3. The number of methoxy groups -OCH3 is 2. The van der Waals surface area contributed by atoms with Crippen LogP contribution in [0.15, 0.2) is 71.9 Å². The van der Waals surface area contributed by atoms with Crippen LogP contribution in [0.25, 0.3) is 0 Å². The summed E-state index contributed by atoms with van der Waals surface area (Å²) in [4.78, 5) is 28.5. The molecular weight excluding hydrogens is 872 g/mol. The van der Waals surface area contributed by atoms with Crippen LogP contribution in [0.4, 0.5) is 46.3 Å². The number of halogens is 2. The number of ether oxygens (including phenoxy) is 2. The minimum atomic E-state index is -1.35. The third kappa shape index (κ3) is 13.1. The van der Waals surface area contributed by atoms with Crippen molar-refractivity contribution in [2.75, 3.05) is 86.5 Å². The van der Waals surface area contributed by atoms with Gasteiger partial charge in [-0.15, -0.1) is 22.7 Å².